The van der Waals surface area contributed by atoms with E-state index in [2.05, 4.69) is 29.7 Å². The highest BCUT2D eigenvalue weighted by atomic mass is 16.5. The fourth-order valence-corrected chi connectivity index (χ4v) is 3.62. The zero-order chi connectivity index (χ0) is 22.7. The minimum atomic E-state index is -1.82. The minimum absolute atomic E-state index is 0.674. The summed E-state index contributed by atoms with van der Waals surface area (Å²) >= 11 is 0. The molecule has 1 aromatic rings. The van der Waals surface area contributed by atoms with Gasteiger partial charge in [-0.25, -0.2) is 9.59 Å². The number of ether oxygens (including phenoxy) is 3. The van der Waals surface area contributed by atoms with Gasteiger partial charge in [0.1, 0.15) is 0 Å². The molecule has 0 atom stereocenters. The number of nitrogens with zero attached hydrogens (tertiary/aromatic N) is 2. The minimum Gasteiger partial charge on any atom is -0.493 e. The highest BCUT2D eigenvalue weighted by molar-refractivity contribution is 6.27. The molecule has 9 nitrogen and oxygen atoms in total. The first-order chi connectivity index (χ1) is 14.3. The van der Waals surface area contributed by atoms with E-state index in [-0.39, 0.29) is 0 Å². The maximum absolute atomic E-state index is 9.10. The Morgan fingerprint density at radius 1 is 0.900 bits per heavy atom. The van der Waals surface area contributed by atoms with E-state index in [1.54, 1.807) is 21.3 Å². The fourth-order valence-electron chi connectivity index (χ4n) is 3.62. The third-order valence-electron chi connectivity index (χ3n) is 5.23. The third kappa shape index (κ3) is 7.07. The molecule has 2 rings (SSSR count). The Labute approximate surface area is 178 Å². The standard InChI is InChI=1S/C19H32N2O3.C2H2O4/c1-6-16(7-2)21-12-10-20(11-13-21)14-15-8-9-17(22-3)19(24-5)18(15)23-4;3-1(4)2(5)6/h8-9,16H,6-7,10-14H2,1-5H3;(H,3,4)(H,5,6). The average molecular weight is 427 g/mol. The quantitative estimate of drug-likeness (QED) is 0.605. The van der Waals surface area contributed by atoms with Gasteiger partial charge in [-0.15, -0.1) is 0 Å². The van der Waals surface area contributed by atoms with E-state index in [9.17, 15) is 0 Å². The topological polar surface area (TPSA) is 109 Å². The van der Waals surface area contributed by atoms with Crippen molar-refractivity contribution < 1.29 is 34.0 Å². The van der Waals surface area contributed by atoms with Crippen LogP contribution in [0.5, 0.6) is 17.2 Å². The molecule has 1 heterocycles. The summed E-state index contributed by atoms with van der Waals surface area (Å²) in [5.74, 6) is -1.49. The number of benzene rings is 1. The molecule has 0 bridgehead atoms. The highest BCUT2D eigenvalue weighted by Gasteiger charge is 2.23. The lowest BCUT2D eigenvalue weighted by molar-refractivity contribution is -0.159. The molecule has 1 fully saturated rings. The van der Waals surface area contributed by atoms with E-state index >= 15 is 0 Å². The van der Waals surface area contributed by atoms with Gasteiger partial charge in [0.2, 0.25) is 5.75 Å². The summed E-state index contributed by atoms with van der Waals surface area (Å²) in [6.45, 7) is 9.91. The van der Waals surface area contributed by atoms with Gasteiger partial charge in [-0.2, -0.15) is 0 Å². The summed E-state index contributed by atoms with van der Waals surface area (Å²) in [6.07, 6.45) is 2.47. The van der Waals surface area contributed by atoms with Crippen LogP contribution in [-0.2, 0) is 16.1 Å². The molecule has 0 radical (unpaired) electrons. The summed E-state index contributed by atoms with van der Waals surface area (Å²) in [5, 5.41) is 14.8. The van der Waals surface area contributed by atoms with Crippen molar-refractivity contribution in [2.24, 2.45) is 0 Å². The van der Waals surface area contributed by atoms with E-state index in [4.69, 9.17) is 34.0 Å². The summed E-state index contributed by atoms with van der Waals surface area (Å²) < 4.78 is 16.5. The summed E-state index contributed by atoms with van der Waals surface area (Å²) in [4.78, 5) is 23.3. The Balaban J connectivity index is 0.000000656. The zero-order valence-electron chi connectivity index (χ0n) is 18.5. The van der Waals surface area contributed by atoms with E-state index in [0.717, 1.165) is 50.1 Å². The van der Waals surface area contributed by atoms with Gasteiger partial charge >= 0.3 is 11.9 Å². The van der Waals surface area contributed by atoms with Crippen LogP contribution in [0.15, 0.2) is 12.1 Å². The van der Waals surface area contributed by atoms with Gasteiger partial charge in [-0.05, 0) is 18.9 Å². The highest BCUT2D eigenvalue weighted by Crippen LogP contribution is 2.40. The number of carboxylic acids is 2. The van der Waals surface area contributed by atoms with E-state index in [1.807, 2.05) is 6.07 Å². The summed E-state index contributed by atoms with van der Waals surface area (Å²) in [5.41, 5.74) is 1.14. The van der Waals surface area contributed by atoms with Gasteiger partial charge < -0.3 is 24.4 Å². The number of hydrogen-bond acceptors (Lipinski definition) is 7. The first-order valence-corrected chi connectivity index (χ1v) is 10.0. The first kappa shape index (κ1) is 25.5. The predicted molar refractivity (Wildman–Crippen MR) is 113 cm³/mol. The zero-order valence-corrected chi connectivity index (χ0v) is 18.5. The van der Waals surface area contributed by atoms with E-state index < -0.39 is 11.9 Å². The van der Waals surface area contributed by atoms with Crippen LogP contribution in [0.25, 0.3) is 0 Å². The molecule has 30 heavy (non-hydrogen) atoms. The SMILES string of the molecule is CCC(CC)N1CCN(Cc2ccc(OC)c(OC)c2OC)CC1.O=C(O)C(=O)O. The molecule has 0 aromatic heterocycles. The van der Waals surface area contributed by atoms with Crippen LogP contribution in [0.4, 0.5) is 0 Å². The van der Waals surface area contributed by atoms with Crippen molar-refractivity contribution in [3.8, 4) is 17.2 Å². The van der Waals surface area contributed by atoms with Crippen molar-refractivity contribution in [3.05, 3.63) is 17.7 Å². The van der Waals surface area contributed by atoms with Gasteiger partial charge in [-0.3, -0.25) is 9.80 Å². The number of hydrogen-bond donors (Lipinski definition) is 2. The van der Waals surface area contributed by atoms with Gasteiger partial charge in [0.15, 0.2) is 11.5 Å². The molecule has 1 saturated heterocycles. The first-order valence-electron chi connectivity index (χ1n) is 10.0. The molecular weight excluding hydrogens is 392 g/mol. The van der Waals surface area contributed by atoms with Gasteiger partial charge in [-0.1, -0.05) is 19.9 Å². The predicted octanol–water partition coefficient (Wildman–Crippen LogP) is 2.17. The Hall–Kier alpha value is -2.52. The van der Waals surface area contributed by atoms with Crippen LogP contribution in [0.3, 0.4) is 0 Å². The molecule has 1 aliphatic rings. The number of carboxylic acid groups (broad SMARTS) is 2. The molecule has 2 N–H and O–H groups in total. The molecular formula is C21H34N2O7. The van der Waals surface area contributed by atoms with Gasteiger partial charge in [0, 0.05) is 44.3 Å². The molecule has 170 valence electrons. The lowest BCUT2D eigenvalue weighted by atomic mass is 10.1. The Kier molecular flexibility index (Phi) is 11.0. The number of methoxy groups -OCH3 is 3. The van der Waals surface area contributed by atoms with Crippen LogP contribution < -0.4 is 14.2 Å². The number of aliphatic carboxylic acids is 2. The molecule has 0 aliphatic carbocycles. The smallest absolute Gasteiger partial charge is 0.414 e. The van der Waals surface area contributed by atoms with Crippen LogP contribution in [0.2, 0.25) is 0 Å². The van der Waals surface area contributed by atoms with Crippen molar-refractivity contribution in [3.63, 3.8) is 0 Å². The third-order valence-corrected chi connectivity index (χ3v) is 5.23. The summed E-state index contributed by atoms with van der Waals surface area (Å²) in [7, 11) is 4.98. The van der Waals surface area contributed by atoms with Crippen molar-refractivity contribution in [1.82, 2.24) is 9.80 Å². The van der Waals surface area contributed by atoms with E-state index in [1.165, 1.54) is 12.8 Å². The molecule has 0 amide bonds. The molecule has 9 heteroatoms. The van der Waals surface area contributed by atoms with Gasteiger partial charge in [0.25, 0.3) is 0 Å². The number of rotatable bonds is 8. The van der Waals surface area contributed by atoms with Crippen LogP contribution in [0, 0.1) is 0 Å². The van der Waals surface area contributed by atoms with Crippen molar-refractivity contribution in [2.75, 3.05) is 47.5 Å². The lowest BCUT2D eigenvalue weighted by Crippen LogP contribution is -2.49. The second-order valence-corrected chi connectivity index (χ2v) is 6.89. The van der Waals surface area contributed by atoms with Crippen LogP contribution in [-0.4, -0.2) is 85.5 Å². The van der Waals surface area contributed by atoms with Crippen molar-refractivity contribution in [2.45, 2.75) is 39.3 Å². The average Bonchev–Trinajstić information content (AvgIpc) is 2.75. The normalized spacial score (nSPS) is 14.6. The number of piperazine rings is 1. The molecule has 0 unspecified atom stereocenters. The summed E-state index contributed by atoms with van der Waals surface area (Å²) in [6, 6.07) is 4.76. The largest absolute Gasteiger partial charge is 0.493 e. The van der Waals surface area contributed by atoms with Crippen LogP contribution >= 0.6 is 0 Å². The van der Waals surface area contributed by atoms with Crippen LogP contribution in [0.1, 0.15) is 32.3 Å². The lowest BCUT2D eigenvalue weighted by Gasteiger charge is -2.39. The van der Waals surface area contributed by atoms with Gasteiger partial charge in [0.05, 0.1) is 21.3 Å². The second-order valence-electron chi connectivity index (χ2n) is 6.89. The molecule has 0 saturated carbocycles. The Morgan fingerprint density at radius 2 is 1.43 bits per heavy atom. The Bertz CT molecular complexity index is 672. The maximum Gasteiger partial charge on any atom is 0.414 e. The maximum atomic E-state index is 9.10. The molecule has 0 spiro atoms. The van der Waals surface area contributed by atoms with Crippen molar-refractivity contribution in [1.29, 1.82) is 0 Å². The Morgan fingerprint density at radius 3 is 1.83 bits per heavy atom. The number of carbonyl (C=O) groups is 2. The second kappa shape index (κ2) is 12.9. The van der Waals surface area contributed by atoms with Crippen molar-refractivity contribution >= 4 is 11.9 Å². The molecule has 1 aromatic carbocycles. The fraction of sp³-hybridized carbons (Fsp3) is 0.619. The van der Waals surface area contributed by atoms with E-state index in [0.29, 0.717) is 11.5 Å². The monoisotopic (exact) mass is 426 g/mol. The molecule has 1 aliphatic heterocycles.